The second-order valence-electron chi connectivity index (χ2n) is 4.01. The highest BCUT2D eigenvalue weighted by Crippen LogP contribution is 2.34. The standard InChI is InChI=1S/C14H11BrClFO2/c1-8(18)10-6-5-9(15)7-13(10)19-12-4-2-3-11(16)14(12)17/h2-8,18H,1H3. The van der Waals surface area contributed by atoms with Crippen LogP contribution >= 0.6 is 27.5 Å². The summed E-state index contributed by atoms with van der Waals surface area (Å²) in [4.78, 5) is 0. The maximum Gasteiger partial charge on any atom is 0.184 e. The van der Waals surface area contributed by atoms with Crippen molar-refractivity contribution in [1.29, 1.82) is 0 Å². The van der Waals surface area contributed by atoms with Gasteiger partial charge in [0.05, 0.1) is 11.1 Å². The van der Waals surface area contributed by atoms with Crippen LogP contribution in [0.4, 0.5) is 4.39 Å². The molecule has 1 N–H and O–H groups in total. The molecule has 0 amide bonds. The molecule has 0 radical (unpaired) electrons. The molecule has 1 unspecified atom stereocenters. The lowest BCUT2D eigenvalue weighted by Gasteiger charge is -2.14. The van der Waals surface area contributed by atoms with Gasteiger partial charge in [0.25, 0.3) is 0 Å². The number of aliphatic hydroxyl groups is 1. The second kappa shape index (κ2) is 5.90. The van der Waals surface area contributed by atoms with E-state index in [1.54, 1.807) is 31.2 Å². The first-order valence-electron chi connectivity index (χ1n) is 5.58. The van der Waals surface area contributed by atoms with Gasteiger partial charge < -0.3 is 9.84 Å². The first-order chi connectivity index (χ1) is 8.99. The van der Waals surface area contributed by atoms with Gasteiger partial charge in [-0.15, -0.1) is 0 Å². The fourth-order valence-electron chi connectivity index (χ4n) is 1.62. The van der Waals surface area contributed by atoms with E-state index in [1.165, 1.54) is 12.1 Å². The highest BCUT2D eigenvalue weighted by atomic mass is 79.9. The molecule has 2 nitrogen and oxygen atoms in total. The van der Waals surface area contributed by atoms with Crippen LogP contribution < -0.4 is 4.74 Å². The third kappa shape index (κ3) is 3.26. The molecule has 2 aromatic rings. The van der Waals surface area contributed by atoms with Gasteiger partial charge in [0.2, 0.25) is 0 Å². The van der Waals surface area contributed by atoms with Crippen molar-refractivity contribution in [3.63, 3.8) is 0 Å². The molecule has 0 spiro atoms. The quantitative estimate of drug-likeness (QED) is 0.840. The monoisotopic (exact) mass is 344 g/mol. The molecule has 0 aliphatic carbocycles. The number of rotatable bonds is 3. The third-order valence-electron chi connectivity index (χ3n) is 2.56. The maximum atomic E-state index is 13.8. The molecule has 0 aliphatic heterocycles. The van der Waals surface area contributed by atoms with Crippen molar-refractivity contribution in [2.45, 2.75) is 13.0 Å². The zero-order chi connectivity index (χ0) is 14.0. The highest BCUT2D eigenvalue weighted by molar-refractivity contribution is 9.10. The van der Waals surface area contributed by atoms with Crippen molar-refractivity contribution < 1.29 is 14.2 Å². The van der Waals surface area contributed by atoms with Crippen molar-refractivity contribution in [2.75, 3.05) is 0 Å². The number of aliphatic hydroxyl groups excluding tert-OH is 1. The first-order valence-corrected chi connectivity index (χ1v) is 6.75. The van der Waals surface area contributed by atoms with E-state index in [-0.39, 0.29) is 10.8 Å². The van der Waals surface area contributed by atoms with E-state index in [2.05, 4.69) is 15.9 Å². The Morgan fingerprint density at radius 2 is 2.00 bits per heavy atom. The molecule has 19 heavy (non-hydrogen) atoms. The van der Waals surface area contributed by atoms with Gasteiger partial charge in [0, 0.05) is 10.0 Å². The summed E-state index contributed by atoms with van der Waals surface area (Å²) >= 11 is 9.01. The third-order valence-corrected chi connectivity index (χ3v) is 3.35. The van der Waals surface area contributed by atoms with Crippen molar-refractivity contribution in [2.24, 2.45) is 0 Å². The molecule has 2 aromatic carbocycles. The van der Waals surface area contributed by atoms with Gasteiger partial charge in [-0.25, -0.2) is 4.39 Å². The van der Waals surface area contributed by atoms with E-state index in [0.717, 1.165) is 4.47 Å². The first kappa shape index (κ1) is 14.3. The average molecular weight is 346 g/mol. The van der Waals surface area contributed by atoms with E-state index in [0.29, 0.717) is 11.3 Å². The van der Waals surface area contributed by atoms with Gasteiger partial charge in [-0.2, -0.15) is 0 Å². The summed E-state index contributed by atoms with van der Waals surface area (Å²) in [7, 11) is 0. The smallest absolute Gasteiger partial charge is 0.184 e. The topological polar surface area (TPSA) is 29.5 Å². The molecule has 2 rings (SSSR count). The van der Waals surface area contributed by atoms with Gasteiger partial charge in [0.15, 0.2) is 11.6 Å². The lowest BCUT2D eigenvalue weighted by Crippen LogP contribution is -1.97. The average Bonchev–Trinajstić information content (AvgIpc) is 2.35. The Bertz CT molecular complexity index is 602. The van der Waals surface area contributed by atoms with Crippen LogP contribution in [-0.4, -0.2) is 5.11 Å². The van der Waals surface area contributed by atoms with Gasteiger partial charge in [-0.1, -0.05) is 39.7 Å². The lowest BCUT2D eigenvalue weighted by atomic mass is 10.1. The van der Waals surface area contributed by atoms with Crippen LogP contribution in [0.5, 0.6) is 11.5 Å². The van der Waals surface area contributed by atoms with Crippen LogP contribution in [0.15, 0.2) is 40.9 Å². The SMILES string of the molecule is CC(O)c1ccc(Br)cc1Oc1cccc(Cl)c1F. The number of ether oxygens (including phenoxy) is 1. The van der Waals surface area contributed by atoms with E-state index in [1.807, 2.05) is 0 Å². The second-order valence-corrected chi connectivity index (χ2v) is 5.34. The van der Waals surface area contributed by atoms with Crippen LogP contribution in [0.3, 0.4) is 0 Å². The minimum Gasteiger partial charge on any atom is -0.454 e. The summed E-state index contributed by atoms with van der Waals surface area (Å²) in [5.41, 5.74) is 0.572. The number of halogens is 3. The van der Waals surface area contributed by atoms with Gasteiger partial charge in [0.1, 0.15) is 5.75 Å². The number of benzene rings is 2. The van der Waals surface area contributed by atoms with E-state index < -0.39 is 11.9 Å². The predicted molar refractivity (Wildman–Crippen MR) is 76.3 cm³/mol. The molecule has 0 aromatic heterocycles. The van der Waals surface area contributed by atoms with Crippen molar-refractivity contribution >= 4 is 27.5 Å². The molecular weight excluding hydrogens is 335 g/mol. The molecule has 0 saturated carbocycles. The Morgan fingerprint density at radius 3 is 2.68 bits per heavy atom. The minimum atomic E-state index is -0.717. The molecule has 0 aliphatic rings. The lowest BCUT2D eigenvalue weighted by molar-refractivity contribution is 0.195. The van der Waals surface area contributed by atoms with Crippen molar-refractivity contribution in [3.05, 3.63) is 57.3 Å². The fourth-order valence-corrected chi connectivity index (χ4v) is 2.13. The van der Waals surface area contributed by atoms with Crippen LogP contribution in [-0.2, 0) is 0 Å². The molecule has 5 heteroatoms. The Balaban J connectivity index is 2.42. The van der Waals surface area contributed by atoms with Crippen LogP contribution in [0.1, 0.15) is 18.6 Å². The highest BCUT2D eigenvalue weighted by Gasteiger charge is 2.14. The van der Waals surface area contributed by atoms with Crippen molar-refractivity contribution in [3.8, 4) is 11.5 Å². The molecular formula is C14H11BrClFO2. The Kier molecular flexibility index (Phi) is 4.45. The molecule has 0 bridgehead atoms. The zero-order valence-corrected chi connectivity index (χ0v) is 12.4. The zero-order valence-electron chi connectivity index (χ0n) is 10.0. The summed E-state index contributed by atoms with van der Waals surface area (Å²) in [6.45, 7) is 1.62. The van der Waals surface area contributed by atoms with E-state index in [9.17, 15) is 9.50 Å². The van der Waals surface area contributed by atoms with E-state index in [4.69, 9.17) is 16.3 Å². The molecule has 0 saturated heterocycles. The Labute approximate surface area is 123 Å². The summed E-state index contributed by atoms with van der Waals surface area (Å²) in [5.74, 6) is -0.223. The molecule has 100 valence electrons. The molecule has 0 fully saturated rings. The number of hydrogen-bond donors (Lipinski definition) is 1. The van der Waals surface area contributed by atoms with Gasteiger partial charge in [-0.3, -0.25) is 0 Å². The molecule has 0 heterocycles. The van der Waals surface area contributed by atoms with Crippen molar-refractivity contribution in [1.82, 2.24) is 0 Å². The molecule has 1 atom stereocenters. The minimum absolute atomic E-state index is 0.00825. The predicted octanol–water partition coefficient (Wildman–Crippen LogP) is 5.09. The summed E-state index contributed by atoms with van der Waals surface area (Å²) in [5, 5.41) is 9.67. The summed E-state index contributed by atoms with van der Waals surface area (Å²) < 4.78 is 20.1. The summed E-state index contributed by atoms with van der Waals surface area (Å²) in [6, 6.07) is 9.69. The normalized spacial score (nSPS) is 12.3. The number of hydrogen-bond acceptors (Lipinski definition) is 2. The van der Waals surface area contributed by atoms with Crippen LogP contribution in [0.2, 0.25) is 5.02 Å². The van der Waals surface area contributed by atoms with E-state index >= 15 is 0 Å². The Morgan fingerprint density at radius 1 is 1.26 bits per heavy atom. The fraction of sp³-hybridized carbons (Fsp3) is 0.143. The van der Waals surface area contributed by atoms with Gasteiger partial charge >= 0.3 is 0 Å². The van der Waals surface area contributed by atoms with Crippen LogP contribution in [0, 0.1) is 5.82 Å². The Hall–Kier alpha value is -1.10. The summed E-state index contributed by atoms with van der Waals surface area (Å²) in [6.07, 6.45) is -0.717. The van der Waals surface area contributed by atoms with Gasteiger partial charge in [-0.05, 0) is 31.2 Å². The maximum absolute atomic E-state index is 13.8. The van der Waals surface area contributed by atoms with Crippen LogP contribution in [0.25, 0.3) is 0 Å². The largest absolute Gasteiger partial charge is 0.454 e.